The minimum Gasteiger partial charge on any atom is -0.347 e. The summed E-state index contributed by atoms with van der Waals surface area (Å²) in [6.45, 7) is 0.301. The van der Waals surface area contributed by atoms with Gasteiger partial charge in [0.05, 0.1) is 12.6 Å². The highest BCUT2D eigenvalue weighted by Crippen LogP contribution is 2.26. The Morgan fingerprint density at radius 3 is 2.43 bits per heavy atom. The number of fused-ring (bicyclic) bond motifs is 1. The van der Waals surface area contributed by atoms with Gasteiger partial charge in [-0.2, -0.15) is 0 Å². The molecule has 2 aromatic rings. The van der Waals surface area contributed by atoms with E-state index in [1.54, 1.807) is 0 Å². The van der Waals surface area contributed by atoms with E-state index in [4.69, 9.17) is 5.73 Å². The maximum absolute atomic E-state index is 12.3. The highest BCUT2D eigenvalue weighted by molar-refractivity contribution is 5.86. The molecule has 4 N–H and O–H groups in total. The number of carbonyl (C=O) groups is 2. The largest absolute Gasteiger partial charge is 0.347 e. The van der Waals surface area contributed by atoms with Crippen molar-refractivity contribution in [3.63, 3.8) is 0 Å². The van der Waals surface area contributed by atoms with Crippen LogP contribution in [0.3, 0.4) is 0 Å². The second-order valence-electron chi connectivity index (χ2n) is 7.45. The zero-order valence-corrected chi connectivity index (χ0v) is 17.0. The second kappa shape index (κ2) is 11.0. The van der Waals surface area contributed by atoms with Crippen LogP contribution in [0.25, 0.3) is 10.8 Å². The molecule has 1 atom stereocenters. The van der Waals surface area contributed by atoms with Crippen molar-refractivity contribution in [3.05, 3.63) is 48.0 Å². The summed E-state index contributed by atoms with van der Waals surface area (Å²) < 4.78 is 0. The molecule has 6 heteroatoms. The van der Waals surface area contributed by atoms with Crippen molar-refractivity contribution >= 4 is 35.0 Å². The molecular formula is C22H30ClN3O2. The van der Waals surface area contributed by atoms with E-state index >= 15 is 0 Å². The van der Waals surface area contributed by atoms with Crippen molar-refractivity contribution in [2.45, 2.75) is 44.6 Å². The molecule has 0 radical (unpaired) electrons. The fraction of sp³-hybridized carbons (Fsp3) is 0.455. The fourth-order valence-electron chi connectivity index (χ4n) is 3.85. The predicted octanol–water partition coefficient (Wildman–Crippen LogP) is 3.46. The molecule has 0 spiro atoms. The van der Waals surface area contributed by atoms with Gasteiger partial charge in [-0.3, -0.25) is 9.59 Å². The Hall–Kier alpha value is -2.11. The first kappa shape index (κ1) is 22.2. The Balaban J connectivity index is 0.00000280. The molecule has 1 aliphatic rings. The van der Waals surface area contributed by atoms with E-state index in [0.717, 1.165) is 29.2 Å². The Morgan fingerprint density at radius 1 is 1.00 bits per heavy atom. The molecule has 0 heterocycles. The van der Waals surface area contributed by atoms with Gasteiger partial charge in [0, 0.05) is 13.0 Å². The van der Waals surface area contributed by atoms with E-state index in [9.17, 15) is 9.59 Å². The van der Waals surface area contributed by atoms with Crippen molar-refractivity contribution in [1.29, 1.82) is 0 Å². The molecule has 1 aliphatic carbocycles. The Kier molecular flexibility index (Phi) is 8.74. The molecule has 0 saturated heterocycles. The van der Waals surface area contributed by atoms with Gasteiger partial charge < -0.3 is 16.4 Å². The van der Waals surface area contributed by atoms with Crippen LogP contribution >= 0.6 is 12.4 Å². The predicted molar refractivity (Wildman–Crippen MR) is 115 cm³/mol. The summed E-state index contributed by atoms with van der Waals surface area (Å²) in [7, 11) is 0. The maximum atomic E-state index is 12.3. The van der Waals surface area contributed by atoms with Gasteiger partial charge in [0.1, 0.15) is 0 Å². The lowest BCUT2D eigenvalue weighted by atomic mass is 9.87. The number of halogens is 1. The fourth-order valence-corrected chi connectivity index (χ4v) is 3.85. The van der Waals surface area contributed by atoms with Crippen molar-refractivity contribution in [1.82, 2.24) is 10.6 Å². The monoisotopic (exact) mass is 403 g/mol. The summed E-state index contributed by atoms with van der Waals surface area (Å²) in [4.78, 5) is 24.3. The molecule has 152 valence electrons. The first-order chi connectivity index (χ1) is 13.2. The van der Waals surface area contributed by atoms with Gasteiger partial charge in [-0.1, -0.05) is 55.7 Å². The highest BCUT2D eigenvalue weighted by Gasteiger charge is 2.18. The molecule has 0 aromatic heterocycles. The van der Waals surface area contributed by atoms with E-state index < -0.39 is 0 Å². The molecule has 0 bridgehead atoms. The van der Waals surface area contributed by atoms with Gasteiger partial charge in [0.2, 0.25) is 11.8 Å². The number of carbonyl (C=O) groups excluding carboxylic acids is 2. The average Bonchev–Trinajstić information content (AvgIpc) is 2.71. The number of hydrogen-bond donors (Lipinski definition) is 3. The van der Waals surface area contributed by atoms with Gasteiger partial charge in [0.15, 0.2) is 0 Å². The molecule has 1 unspecified atom stereocenters. The molecular weight excluding hydrogens is 374 g/mol. The number of amides is 2. The van der Waals surface area contributed by atoms with Crippen LogP contribution in [0.1, 0.15) is 50.1 Å². The lowest BCUT2D eigenvalue weighted by Crippen LogP contribution is -2.41. The quantitative estimate of drug-likeness (QED) is 0.661. The van der Waals surface area contributed by atoms with E-state index in [0.29, 0.717) is 18.9 Å². The third-order valence-electron chi connectivity index (χ3n) is 5.39. The summed E-state index contributed by atoms with van der Waals surface area (Å²) in [5, 5.41) is 7.94. The Morgan fingerprint density at radius 2 is 1.71 bits per heavy atom. The Labute approximate surface area is 172 Å². The number of nitrogens with one attached hydrogen (secondary N) is 2. The standard InChI is InChI=1S/C22H29N3O2.ClH/c23-14-20(19-11-10-17-8-4-5-9-18(17)13-19)25-22(27)15-24-21(26)12-16-6-2-1-3-7-16;/h4-5,8-11,13,16,20H,1-3,6-7,12,14-15,23H2,(H,24,26)(H,25,27);1H. The maximum Gasteiger partial charge on any atom is 0.239 e. The first-order valence-corrected chi connectivity index (χ1v) is 9.90. The molecule has 2 aromatic carbocycles. The van der Waals surface area contributed by atoms with Gasteiger partial charge in [-0.05, 0) is 41.2 Å². The average molecular weight is 404 g/mol. The number of hydrogen-bond acceptors (Lipinski definition) is 3. The molecule has 1 fully saturated rings. The van der Waals surface area contributed by atoms with Crippen LogP contribution in [0, 0.1) is 5.92 Å². The lowest BCUT2D eigenvalue weighted by Gasteiger charge is -2.21. The summed E-state index contributed by atoms with van der Waals surface area (Å²) in [5.74, 6) is 0.221. The zero-order chi connectivity index (χ0) is 19.1. The molecule has 1 saturated carbocycles. The van der Waals surface area contributed by atoms with Gasteiger partial charge in [-0.25, -0.2) is 0 Å². The SMILES string of the molecule is Cl.NCC(NC(=O)CNC(=O)CC1CCCCC1)c1ccc2ccccc2c1. The van der Waals surface area contributed by atoms with Crippen LogP contribution in [-0.2, 0) is 9.59 Å². The molecule has 28 heavy (non-hydrogen) atoms. The van der Waals surface area contributed by atoms with Crippen molar-refractivity contribution < 1.29 is 9.59 Å². The van der Waals surface area contributed by atoms with Crippen LogP contribution in [0.2, 0.25) is 0 Å². The topological polar surface area (TPSA) is 84.2 Å². The lowest BCUT2D eigenvalue weighted by molar-refractivity contribution is -0.127. The van der Waals surface area contributed by atoms with Crippen LogP contribution in [0.5, 0.6) is 0 Å². The van der Waals surface area contributed by atoms with E-state index in [1.807, 2.05) is 30.3 Å². The summed E-state index contributed by atoms with van der Waals surface area (Å²) in [5.41, 5.74) is 6.85. The molecule has 3 rings (SSSR count). The molecule has 2 amide bonds. The summed E-state index contributed by atoms with van der Waals surface area (Å²) >= 11 is 0. The van der Waals surface area contributed by atoms with E-state index in [2.05, 4.69) is 22.8 Å². The summed E-state index contributed by atoms with van der Waals surface area (Å²) in [6, 6.07) is 13.9. The van der Waals surface area contributed by atoms with Gasteiger partial charge in [0.25, 0.3) is 0 Å². The van der Waals surface area contributed by atoms with Crippen molar-refractivity contribution in [3.8, 4) is 0 Å². The summed E-state index contributed by atoms with van der Waals surface area (Å²) in [6.07, 6.45) is 6.46. The third kappa shape index (κ3) is 6.21. The smallest absolute Gasteiger partial charge is 0.239 e. The number of nitrogens with two attached hydrogens (primary N) is 1. The van der Waals surface area contributed by atoms with E-state index in [1.165, 1.54) is 19.3 Å². The van der Waals surface area contributed by atoms with Gasteiger partial charge >= 0.3 is 0 Å². The van der Waals surface area contributed by atoms with Crippen LogP contribution in [-0.4, -0.2) is 24.9 Å². The van der Waals surface area contributed by atoms with Gasteiger partial charge in [-0.15, -0.1) is 12.4 Å². The Bertz CT molecular complexity index is 790. The molecule has 0 aliphatic heterocycles. The minimum absolute atomic E-state index is 0. The number of benzene rings is 2. The molecule has 5 nitrogen and oxygen atoms in total. The van der Waals surface area contributed by atoms with Crippen molar-refractivity contribution in [2.75, 3.05) is 13.1 Å². The third-order valence-corrected chi connectivity index (χ3v) is 5.39. The second-order valence-corrected chi connectivity index (χ2v) is 7.45. The van der Waals surface area contributed by atoms with Crippen molar-refractivity contribution in [2.24, 2.45) is 11.7 Å². The highest BCUT2D eigenvalue weighted by atomic mass is 35.5. The number of rotatable bonds is 7. The van der Waals surface area contributed by atoms with Crippen LogP contribution < -0.4 is 16.4 Å². The van der Waals surface area contributed by atoms with E-state index in [-0.39, 0.29) is 36.8 Å². The zero-order valence-electron chi connectivity index (χ0n) is 16.2. The minimum atomic E-state index is -0.266. The normalized spacial score (nSPS) is 15.5. The van der Waals surface area contributed by atoms with Crippen LogP contribution in [0.4, 0.5) is 0 Å². The van der Waals surface area contributed by atoms with Crippen LogP contribution in [0.15, 0.2) is 42.5 Å². The first-order valence-electron chi connectivity index (χ1n) is 9.90.